The van der Waals surface area contributed by atoms with Crippen LogP contribution < -0.4 is 0 Å². The number of rotatable bonds is 2. The van der Waals surface area contributed by atoms with Crippen molar-refractivity contribution >= 4 is 23.4 Å². The first kappa shape index (κ1) is 12.0. The molecule has 0 fully saturated rings. The fourth-order valence-corrected chi connectivity index (χ4v) is 2.59. The van der Waals surface area contributed by atoms with Gasteiger partial charge in [-0.25, -0.2) is 9.37 Å². The number of pyridine rings is 1. The summed E-state index contributed by atoms with van der Waals surface area (Å²) in [5, 5.41) is 0. The lowest BCUT2D eigenvalue weighted by Gasteiger charge is -2.14. The van der Waals surface area contributed by atoms with E-state index in [1.807, 2.05) is 29.7 Å². The highest BCUT2D eigenvalue weighted by atomic mass is 32.1. The zero-order chi connectivity index (χ0) is 13.4. The molecule has 0 amide bonds. The van der Waals surface area contributed by atoms with Crippen molar-refractivity contribution < 1.29 is 4.39 Å². The molecule has 0 saturated heterocycles. The van der Waals surface area contributed by atoms with Gasteiger partial charge in [-0.2, -0.15) is 0 Å². The van der Waals surface area contributed by atoms with Gasteiger partial charge in [0.1, 0.15) is 5.82 Å². The van der Waals surface area contributed by atoms with E-state index in [0.717, 1.165) is 16.7 Å². The predicted molar refractivity (Wildman–Crippen MR) is 75.1 cm³/mol. The summed E-state index contributed by atoms with van der Waals surface area (Å²) in [6, 6.07) is 10.2. The molecule has 2 aromatic heterocycles. The Kier molecular flexibility index (Phi) is 2.91. The van der Waals surface area contributed by atoms with Crippen LogP contribution in [0.15, 0.2) is 42.6 Å². The second-order valence-electron chi connectivity index (χ2n) is 4.41. The molecule has 0 bridgehead atoms. The Morgan fingerprint density at radius 1 is 1.32 bits per heavy atom. The number of H-pyrrole nitrogens is 1. The third-order valence-corrected chi connectivity index (χ3v) is 3.49. The summed E-state index contributed by atoms with van der Waals surface area (Å²) in [7, 11) is 0. The van der Waals surface area contributed by atoms with Crippen LogP contribution in [0.5, 0.6) is 0 Å². The zero-order valence-electron chi connectivity index (χ0n) is 10.3. The molecule has 1 aromatic carbocycles. The molecule has 19 heavy (non-hydrogen) atoms. The van der Waals surface area contributed by atoms with Crippen molar-refractivity contribution in [1.29, 1.82) is 0 Å². The first-order valence-electron chi connectivity index (χ1n) is 5.97. The molecule has 3 nitrogen and oxygen atoms in total. The van der Waals surface area contributed by atoms with E-state index in [1.54, 1.807) is 12.3 Å². The number of nitrogens with zero attached hydrogens (tertiary/aromatic N) is 2. The van der Waals surface area contributed by atoms with Crippen LogP contribution in [0.1, 0.15) is 18.5 Å². The topological polar surface area (TPSA) is 33.6 Å². The standard InChI is InChI=1S/C14H12FN3S/c1-9(10-4-2-5-11(15)8-10)18-13-12(17-14(18)19)6-3-7-16-13/h2-9H,1H3,(H,17,19). The quantitative estimate of drug-likeness (QED) is 0.720. The monoisotopic (exact) mass is 273 g/mol. The average molecular weight is 273 g/mol. The van der Waals surface area contributed by atoms with Crippen LogP contribution in [-0.4, -0.2) is 14.5 Å². The van der Waals surface area contributed by atoms with E-state index in [9.17, 15) is 4.39 Å². The number of hydrogen-bond donors (Lipinski definition) is 1. The zero-order valence-corrected chi connectivity index (χ0v) is 11.1. The van der Waals surface area contributed by atoms with Gasteiger partial charge >= 0.3 is 0 Å². The smallest absolute Gasteiger partial charge is 0.179 e. The van der Waals surface area contributed by atoms with Gasteiger partial charge in [0, 0.05) is 6.20 Å². The third-order valence-electron chi connectivity index (χ3n) is 3.19. The van der Waals surface area contributed by atoms with Crippen LogP contribution >= 0.6 is 12.2 Å². The second kappa shape index (κ2) is 4.59. The number of fused-ring (bicyclic) bond motifs is 1. The summed E-state index contributed by atoms with van der Waals surface area (Å²) in [6.45, 7) is 1.98. The van der Waals surface area contributed by atoms with Gasteiger partial charge in [0.15, 0.2) is 10.4 Å². The van der Waals surface area contributed by atoms with E-state index < -0.39 is 0 Å². The van der Waals surface area contributed by atoms with E-state index >= 15 is 0 Å². The molecule has 0 radical (unpaired) electrons. The summed E-state index contributed by atoms with van der Waals surface area (Å²) >= 11 is 5.34. The highest BCUT2D eigenvalue weighted by Crippen LogP contribution is 2.23. The Morgan fingerprint density at radius 3 is 2.95 bits per heavy atom. The molecule has 5 heteroatoms. The third kappa shape index (κ3) is 2.06. The molecule has 1 atom stereocenters. The van der Waals surface area contributed by atoms with Gasteiger partial charge in [0.25, 0.3) is 0 Å². The Labute approximate surface area is 114 Å². The van der Waals surface area contributed by atoms with Crippen molar-refractivity contribution in [2.75, 3.05) is 0 Å². The van der Waals surface area contributed by atoms with Crippen molar-refractivity contribution in [1.82, 2.24) is 14.5 Å². The Morgan fingerprint density at radius 2 is 2.16 bits per heavy atom. The summed E-state index contributed by atoms with van der Waals surface area (Å²) in [5.41, 5.74) is 2.53. The Bertz CT molecular complexity index is 790. The largest absolute Gasteiger partial charge is 0.329 e. The SMILES string of the molecule is CC(c1cccc(F)c1)n1c(=S)[nH]c2cccnc21. The average Bonchev–Trinajstić information content (AvgIpc) is 2.74. The summed E-state index contributed by atoms with van der Waals surface area (Å²) in [5.74, 6) is -0.247. The maximum Gasteiger partial charge on any atom is 0.179 e. The summed E-state index contributed by atoms with van der Waals surface area (Å²) < 4.78 is 15.8. The normalized spacial score (nSPS) is 12.7. The van der Waals surface area contributed by atoms with Gasteiger partial charge in [-0.05, 0) is 49.0 Å². The first-order chi connectivity index (χ1) is 9.16. The van der Waals surface area contributed by atoms with Gasteiger partial charge < -0.3 is 4.98 Å². The highest BCUT2D eigenvalue weighted by Gasteiger charge is 2.14. The van der Waals surface area contributed by atoms with Crippen molar-refractivity contribution in [3.63, 3.8) is 0 Å². The fraction of sp³-hybridized carbons (Fsp3) is 0.143. The number of aromatic amines is 1. The number of halogens is 1. The van der Waals surface area contributed by atoms with Crippen LogP contribution in [0.25, 0.3) is 11.2 Å². The molecule has 1 unspecified atom stereocenters. The number of aromatic nitrogens is 3. The fourth-order valence-electron chi connectivity index (χ4n) is 2.23. The summed E-state index contributed by atoms with van der Waals surface area (Å²) in [6.07, 6.45) is 1.72. The van der Waals surface area contributed by atoms with Crippen LogP contribution in [0.4, 0.5) is 4.39 Å². The van der Waals surface area contributed by atoms with Gasteiger partial charge in [-0.15, -0.1) is 0 Å². The molecule has 96 valence electrons. The van der Waals surface area contributed by atoms with Crippen molar-refractivity contribution in [2.45, 2.75) is 13.0 Å². The van der Waals surface area contributed by atoms with Gasteiger partial charge in [0.2, 0.25) is 0 Å². The second-order valence-corrected chi connectivity index (χ2v) is 4.79. The van der Waals surface area contributed by atoms with Crippen LogP contribution in [0.3, 0.4) is 0 Å². The van der Waals surface area contributed by atoms with E-state index in [2.05, 4.69) is 9.97 Å². The molecule has 2 heterocycles. The maximum absolute atomic E-state index is 13.3. The number of nitrogens with one attached hydrogen (secondary N) is 1. The number of hydrogen-bond acceptors (Lipinski definition) is 2. The molecule has 0 aliphatic rings. The lowest BCUT2D eigenvalue weighted by Crippen LogP contribution is -2.07. The molecular formula is C14H12FN3S. The molecule has 3 rings (SSSR count). The number of imidazole rings is 1. The minimum absolute atomic E-state index is 0.0770. The molecule has 3 aromatic rings. The predicted octanol–water partition coefficient (Wildman–Crippen LogP) is 3.84. The van der Waals surface area contributed by atoms with Gasteiger partial charge in [-0.1, -0.05) is 12.1 Å². The lowest BCUT2D eigenvalue weighted by atomic mass is 10.1. The lowest BCUT2D eigenvalue weighted by molar-refractivity contribution is 0.606. The minimum Gasteiger partial charge on any atom is -0.329 e. The van der Waals surface area contributed by atoms with Crippen LogP contribution in [0, 0.1) is 10.6 Å². The molecule has 0 aliphatic heterocycles. The number of benzene rings is 1. The van der Waals surface area contributed by atoms with Crippen LogP contribution in [-0.2, 0) is 0 Å². The van der Waals surface area contributed by atoms with E-state index in [1.165, 1.54) is 12.1 Å². The molecule has 0 saturated carbocycles. The van der Waals surface area contributed by atoms with E-state index in [-0.39, 0.29) is 11.9 Å². The molecular weight excluding hydrogens is 261 g/mol. The van der Waals surface area contributed by atoms with Crippen LogP contribution in [0.2, 0.25) is 0 Å². The van der Waals surface area contributed by atoms with Gasteiger partial charge in [0.05, 0.1) is 11.6 Å². The van der Waals surface area contributed by atoms with E-state index in [4.69, 9.17) is 12.2 Å². The minimum atomic E-state index is -0.247. The van der Waals surface area contributed by atoms with Gasteiger partial charge in [-0.3, -0.25) is 4.57 Å². The molecule has 0 spiro atoms. The summed E-state index contributed by atoms with van der Waals surface area (Å²) in [4.78, 5) is 7.46. The maximum atomic E-state index is 13.3. The molecule has 0 aliphatic carbocycles. The highest BCUT2D eigenvalue weighted by molar-refractivity contribution is 7.71. The molecule has 1 N–H and O–H groups in total. The Balaban J connectivity index is 2.19. The van der Waals surface area contributed by atoms with Crippen molar-refractivity contribution in [2.24, 2.45) is 0 Å². The van der Waals surface area contributed by atoms with Crippen molar-refractivity contribution in [3.05, 3.63) is 58.7 Å². The first-order valence-corrected chi connectivity index (χ1v) is 6.38. The van der Waals surface area contributed by atoms with Crippen molar-refractivity contribution in [3.8, 4) is 0 Å². The Hall–Kier alpha value is -2.01. The van der Waals surface area contributed by atoms with E-state index in [0.29, 0.717) is 4.77 Å².